The third-order valence-corrected chi connectivity index (χ3v) is 6.65. The summed E-state index contributed by atoms with van der Waals surface area (Å²) in [6.07, 6.45) is 0.713. The number of fused-ring (bicyclic) bond motifs is 1. The summed E-state index contributed by atoms with van der Waals surface area (Å²) in [7, 11) is 4.73. The highest BCUT2D eigenvalue weighted by molar-refractivity contribution is 5.68. The Morgan fingerprint density at radius 1 is 0.917 bits per heavy atom. The zero-order valence-corrected chi connectivity index (χ0v) is 20.8. The molecule has 1 saturated heterocycles. The van der Waals surface area contributed by atoms with Gasteiger partial charge in [-0.1, -0.05) is 24.3 Å². The fraction of sp³-hybridized carbons (Fsp3) is 0.423. The van der Waals surface area contributed by atoms with Crippen molar-refractivity contribution < 1.29 is 24.1 Å². The molecule has 0 amide bonds. The summed E-state index contributed by atoms with van der Waals surface area (Å²) >= 11 is 0. The molecule has 10 heteroatoms. The summed E-state index contributed by atoms with van der Waals surface area (Å²) in [6, 6.07) is 11.8. The third-order valence-electron chi connectivity index (χ3n) is 6.65. The Hall–Kier alpha value is -3.63. The van der Waals surface area contributed by atoms with Crippen molar-refractivity contribution in [2.45, 2.75) is 19.0 Å². The molecule has 3 heterocycles. The minimum absolute atomic E-state index is 0.00752. The van der Waals surface area contributed by atoms with Gasteiger partial charge in [-0.3, -0.25) is 0 Å². The summed E-state index contributed by atoms with van der Waals surface area (Å²) in [4.78, 5) is 18.7. The van der Waals surface area contributed by atoms with Crippen LogP contribution in [0, 0.1) is 0 Å². The van der Waals surface area contributed by atoms with E-state index in [0.717, 1.165) is 0 Å². The van der Waals surface area contributed by atoms with Crippen LogP contribution in [0.1, 0.15) is 11.1 Å². The second-order valence-corrected chi connectivity index (χ2v) is 8.71. The van der Waals surface area contributed by atoms with E-state index in [2.05, 4.69) is 21.9 Å². The predicted molar refractivity (Wildman–Crippen MR) is 135 cm³/mol. The molecule has 190 valence electrons. The molecular formula is C26H31N5O5. The smallest absolute Gasteiger partial charge is 0.231 e. The Morgan fingerprint density at radius 3 is 2.22 bits per heavy atom. The molecule has 10 nitrogen and oxygen atoms in total. The van der Waals surface area contributed by atoms with E-state index in [1.54, 1.807) is 21.3 Å². The van der Waals surface area contributed by atoms with E-state index >= 15 is 0 Å². The van der Waals surface area contributed by atoms with E-state index in [1.807, 2.05) is 24.3 Å². The lowest BCUT2D eigenvalue weighted by atomic mass is 9.94. The number of anilines is 2. The summed E-state index contributed by atoms with van der Waals surface area (Å²) in [5.74, 6) is 3.10. The lowest BCUT2D eigenvalue weighted by Crippen LogP contribution is -2.44. The van der Waals surface area contributed by atoms with Crippen molar-refractivity contribution in [3.05, 3.63) is 47.5 Å². The van der Waals surface area contributed by atoms with Gasteiger partial charge >= 0.3 is 0 Å². The maximum atomic E-state index is 10.3. The number of nitrogens with zero attached hydrogens (tertiary/aromatic N) is 5. The van der Waals surface area contributed by atoms with Crippen LogP contribution >= 0.6 is 0 Å². The van der Waals surface area contributed by atoms with Crippen molar-refractivity contribution in [3.8, 4) is 28.6 Å². The number of hydrogen-bond acceptors (Lipinski definition) is 10. The molecule has 2 aliphatic rings. The van der Waals surface area contributed by atoms with Gasteiger partial charge in [-0.05, 0) is 29.7 Å². The van der Waals surface area contributed by atoms with Gasteiger partial charge in [-0.2, -0.15) is 15.0 Å². The van der Waals surface area contributed by atoms with Crippen molar-refractivity contribution in [2.75, 3.05) is 64.0 Å². The molecule has 3 aromatic rings. The van der Waals surface area contributed by atoms with Crippen LogP contribution in [0.25, 0.3) is 11.4 Å². The number of rotatable bonds is 7. The number of aromatic nitrogens is 3. The fourth-order valence-corrected chi connectivity index (χ4v) is 4.71. The molecule has 0 spiro atoms. The van der Waals surface area contributed by atoms with E-state index in [9.17, 15) is 5.11 Å². The maximum Gasteiger partial charge on any atom is 0.231 e. The number of morpholine rings is 1. The van der Waals surface area contributed by atoms with E-state index in [0.29, 0.717) is 79.8 Å². The van der Waals surface area contributed by atoms with E-state index in [1.165, 1.54) is 11.1 Å². The lowest BCUT2D eigenvalue weighted by molar-refractivity contribution is 0.122. The molecule has 0 radical (unpaired) electrons. The van der Waals surface area contributed by atoms with Crippen LogP contribution in [0.5, 0.6) is 17.2 Å². The average molecular weight is 494 g/mol. The van der Waals surface area contributed by atoms with Crippen LogP contribution in [0.3, 0.4) is 0 Å². The van der Waals surface area contributed by atoms with Gasteiger partial charge < -0.3 is 33.9 Å². The van der Waals surface area contributed by atoms with Crippen LogP contribution in [0.15, 0.2) is 36.4 Å². The Morgan fingerprint density at radius 2 is 1.58 bits per heavy atom. The molecular weight excluding hydrogens is 462 g/mol. The molecule has 0 saturated carbocycles. The minimum atomic E-state index is -0.146. The lowest BCUT2D eigenvalue weighted by Gasteiger charge is -2.36. The van der Waals surface area contributed by atoms with Crippen LogP contribution in [0.4, 0.5) is 11.9 Å². The monoisotopic (exact) mass is 493 g/mol. The van der Waals surface area contributed by atoms with Crippen molar-refractivity contribution >= 4 is 11.9 Å². The highest BCUT2D eigenvalue weighted by atomic mass is 16.5. The third kappa shape index (κ3) is 4.61. The highest BCUT2D eigenvalue weighted by Crippen LogP contribution is 2.41. The molecule has 1 N–H and O–H groups in total. The Bertz CT molecular complexity index is 1190. The largest absolute Gasteiger partial charge is 0.493 e. The SMILES string of the molecule is COc1cc(-c2nc(N3CCOCC3)nc(N3Cc4ccccc4CC3CO)n2)cc(OC)c1OC. The topological polar surface area (TPSA) is 102 Å². The van der Waals surface area contributed by atoms with Crippen LogP contribution in [-0.2, 0) is 17.7 Å². The first-order chi connectivity index (χ1) is 17.6. The molecule has 1 atom stereocenters. The summed E-state index contributed by atoms with van der Waals surface area (Å²) < 4.78 is 22.1. The fourth-order valence-electron chi connectivity index (χ4n) is 4.71. The molecule has 0 bridgehead atoms. The maximum absolute atomic E-state index is 10.3. The summed E-state index contributed by atoms with van der Waals surface area (Å²) in [5, 5.41) is 10.3. The van der Waals surface area contributed by atoms with Crippen LogP contribution in [-0.4, -0.2) is 80.3 Å². The number of aliphatic hydroxyl groups excluding tert-OH is 1. The molecule has 1 unspecified atom stereocenters. The first-order valence-corrected chi connectivity index (χ1v) is 12.0. The standard InChI is InChI=1S/C26H31N5O5/c1-33-21-13-19(14-22(34-2)23(21)35-3)24-27-25(30-8-10-36-11-9-30)29-26(28-24)31-15-18-7-5-4-6-17(18)12-20(31)16-32/h4-7,13-14,20,32H,8-12,15-16H2,1-3H3. The van der Waals surface area contributed by atoms with Gasteiger partial charge in [-0.25, -0.2) is 0 Å². The van der Waals surface area contributed by atoms with Gasteiger partial charge in [0.05, 0.1) is 47.2 Å². The summed E-state index contributed by atoms with van der Waals surface area (Å²) in [5.41, 5.74) is 3.14. The Labute approximate surface area is 210 Å². The molecule has 1 fully saturated rings. The molecule has 5 rings (SSSR count). The predicted octanol–water partition coefficient (Wildman–Crippen LogP) is 2.32. The van der Waals surface area contributed by atoms with Crippen molar-refractivity contribution in [1.29, 1.82) is 0 Å². The Kier molecular flexibility index (Phi) is 7.06. The second-order valence-electron chi connectivity index (χ2n) is 8.71. The average Bonchev–Trinajstić information content (AvgIpc) is 2.95. The number of hydrogen-bond donors (Lipinski definition) is 1. The zero-order valence-electron chi connectivity index (χ0n) is 20.8. The molecule has 1 aromatic heterocycles. The number of ether oxygens (including phenoxy) is 4. The molecule has 0 aliphatic carbocycles. The van der Waals surface area contributed by atoms with Gasteiger partial charge in [0, 0.05) is 25.2 Å². The van der Waals surface area contributed by atoms with Gasteiger partial charge in [0.1, 0.15) is 0 Å². The van der Waals surface area contributed by atoms with Crippen LogP contribution in [0.2, 0.25) is 0 Å². The summed E-state index contributed by atoms with van der Waals surface area (Å²) in [6.45, 7) is 3.18. The normalized spacial score (nSPS) is 17.5. The minimum Gasteiger partial charge on any atom is -0.493 e. The van der Waals surface area contributed by atoms with E-state index < -0.39 is 0 Å². The first-order valence-electron chi connectivity index (χ1n) is 12.0. The second kappa shape index (κ2) is 10.5. The quantitative estimate of drug-likeness (QED) is 0.528. The Balaban J connectivity index is 1.63. The van der Waals surface area contributed by atoms with Gasteiger partial charge in [-0.15, -0.1) is 0 Å². The van der Waals surface area contributed by atoms with E-state index in [4.69, 9.17) is 33.9 Å². The number of benzene rings is 2. The van der Waals surface area contributed by atoms with Gasteiger partial charge in [0.2, 0.25) is 17.6 Å². The van der Waals surface area contributed by atoms with Crippen molar-refractivity contribution in [3.63, 3.8) is 0 Å². The van der Waals surface area contributed by atoms with Crippen molar-refractivity contribution in [2.24, 2.45) is 0 Å². The first kappa shape index (κ1) is 24.1. The number of aliphatic hydroxyl groups is 1. The highest BCUT2D eigenvalue weighted by Gasteiger charge is 2.29. The molecule has 2 aliphatic heterocycles. The molecule has 36 heavy (non-hydrogen) atoms. The number of methoxy groups -OCH3 is 3. The van der Waals surface area contributed by atoms with Gasteiger partial charge in [0.15, 0.2) is 17.3 Å². The van der Waals surface area contributed by atoms with Gasteiger partial charge in [0.25, 0.3) is 0 Å². The molecule has 2 aromatic carbocycles. The van der Waals surface area contributed by atoms with E-state index in [-0.39, 0.29) is 12.6 Å². The van der Waals surface area contributed by atoms with Crippen LogP contribution < -0.4 is 24.0 Å². The zero-order chi connectivity index (χ0) is 25.1. The van der Waals surface area contributed by atoms with Crippen molar-refractivity contribution in [1.82, 2.24) is 15.0 Å².